The molecule has 1 fully saturated rings. The zero-order valence-corrected chi connectivity index (χ0v) is 20.0. The van der Waals surface area contributed by atoms with Gasteiger partial charge < -0.3 is 10.4 Å². The number of anilines is 1. The number of aromatic nitrogens is 2. The molecule has 2 aromatic heterocycles. The van der Waals surface area contributed by atoms with E-state index in [0.717, 1.165) is 40.4 Å². The van der Waals surface area contributed by atoms with Gasteiger partial charge >= 0.3 is 5.97 Å². The number of carboxylic acid groups (broad SMARTS) is 1. The van der Waals surface area contributed by atoms with Gasteiger partial charge in [0.1, 0.15) is 5.69 Å². The third-order valence-electron chi connectivity index (χ3n) is 6.41. The average Bonchev–Trinajstić information content (AvgIpc) is 3.57. The van der Waals surface area contributed by atoms with Gasteiger partial charge in [0, 0.05) is 41.2 Å². The highest BCUT2D eigenvalue weighted by Crippen LogP contribution is 2.42. The number of carbonyl (C=O) groups is 1. The SMILES string of the molecule is CC(C)CNS(=O)(=O)c1c2c(cc3cnc(C4CC4)cc13)CC(Nc1ccc(C(=O)O)nc1)C2. The van der Waals surface area contributed by atoms with E-state index in [0.29, 0.717) is 35.9 Å². The Morgan fingerprint density at radius 2 is 1.94 bits per heavy atom. The van der Waals surface area contributed by atoms with Gasteiger partial charge in [0.15, 0.2) is 0 Å². The molecule has 1 saturated carbocycles. The van der Waals surface area contributed by atoms with E-state index in [9.17, 15) is 13.2 Å². The monoisotopic (exact) mass is 480 g/mol. The van der Waals surface area contributed by atoms with Crippen LogP contribution in [0.4, 0.5) is 5.69 Å². The minimum Gasteiger partial charge on any atom is -0.477 e. The number of fused-ring (bicyclic) bond motifs is 2. The van der Waals surface area contributed by atoms with Crippen molar-refractivity contribution in [2.45, 2.75) is 56.4 Å². The molecule has 8 nitrogen and oxygen atoms in total. The summed E-state index contributed by atoms with van der Waals surface area (Å²) in [6, 6.07) is 7.14. The molecule has 3 aromatic rings. The number of nitrogens with zero attached hydrogens (tertiary/aromatic N) is 2. The van der Waals surface area contributed by atoms with E-state index >= 15 is 0 Å². The van der Waals surface area contributed by atoms with Crippen LogP contribution >= 0.6 is 0 Å². The van der Waals surface area contributed by atoms with E-state index in [-0.39, 0.29) is 17.7 Å². The number of hydrogen-bond donors (Lipinski definition) is 3. The lowest BCUT2D eigenvalue weighted by Gasteiger charge is -2.16. The summed E-state index contributed by atoms with van der Waals surface area (Å²) in [6.07, 6.45) is 6.69. The number of carboxylic acids is 1. The van der Waals surface area contributed by atoms with Crippen molar-refractivity contribution in [1.82, 2.24) is 14.7 Å². The van der Waals surface area contributed by atoms with Gasteiger partial charge in [-0.15, -0.1) is 0 Å². The van der Waals surface area contributed by atoms with Crippen molar-refractivity contribution >= 4 is 32.5 Å². The summed E-state index contributed by atoms with van der Waals surface area (Å²) in [5, 5.41) is 14.0. The van der Waals surface area contributed by atoms with Crippen molar-refractivity contribution in [2.75, 3.05) is 11.9 Å². The molecule has 5 rings (SSSR count). The highest BCUT2D eigenvalue weighted by molar-refractivity contribution is 7.89. The van der Waals surface area contributed by atoms with Crippen molar-refractivity contribution < 1.29 is 18.3 Å². The van der Waals surface area contributed by atoms with Crippen LogP contribution in [0, 0.1) is 5.92 Å². The molecule has 2 aliphatic rings. The van der Waals surface area contributed by atoms with Crippen molar-refractivity contribution in [3.8, 4) is 0 Å². The summed E-state index contributed by atoms with van der Waals surface area (Å²) in [5.74, 6) is -0.459. The number of benzene rings is 1. The fraction of sp³-hybridized carbons (Fsp3) is 0.400. The molecule has 0 aliphatic heterocycles. The van der Waals surface area contributed by atoms with Gasteiger partial charge in [0.25, 0.3) is 0 Å². The molecule has 0 radical (unpaired) electrons. The standard InChI is InChI=1S/C25H28N4O4S/c1-14(2)11-28-34(32,33)24-20-9-19(29-18-5-6-22(25(30)31)27-13-18)8-16(20)7-17-12-26-23(10-21(17)24)15-3-4-15/h5-7,10,12-15,19,28-29H,3-4,8-9,11H2,1-2H3,(H,30,31). The van der Waals surface area contributed by atoms with Gasteiger partial charge in [-0.3, -0.25) is 4.98 Å². The van der Waals surface area contributed by atoms with E-state index in [1.165, 1.54) is 12.3 Å². The maximum atomic E-state index is 13.6. The van der Waals surface area contributed by atoms with Crippen molar-refractivity contribution in [3.05, 3.63) is 59.2 Å². The quantitative estimate of drug-likeness (QED) is 0.449. The Kier molecular flexibility index (Phi) is 5.77. The summed E-state index contributed by atoms with van der Waals surface area (Å²) < 4.78 is 29.9. The Balaban J connectivity index is 1.52. The lowest BCUT2D eigenvalue weighted by molar-refractivity contribution is 0.0690. The Hall–Kier alpha value is -3.04. The largest absolute Gasteiger partial charge is 0.477 e. The van der Waals surface area contributed by atoms with Crippen LogP contribution in [0.25, 0.3) is 10.8 Å². The van der Waals surface area contributed by atoms with Crippen molar-refractivity contribution in [2.24, 2.45) is 5.92 Å². The number of rotatable bonds is 8. The molecule has 0 spiro atoms. The Labute approximate surface area is 198 Å². The molecule has 9 heteroatoms. The van der Waals surface area contributed by atoms with E-state index in [2.05, 4.69) is 26.1 Å². The van der Waals surface area contributed by atoms with Crippen LogP contribution in [-0.2, 0) is 22.9 Å². The molecular weight excluding hydrogens is 452 g/mol. The van der Waals surface area contributed by atoms with E-state index in [1.807, 2.05) is 19.9 Å². The highest BCUT2D eigenvalue weighted by atomic mass is 32.2. The molecule has 1 atom stereocenters. The molecule has 1 unspecified atom stereocenters. The smallest absolute Gasteiger partial charge is 0.354 e. The molecule has 0 amide bonds. The topological polar surface area (TPSA) is 121 Å². The lowest BCUT2D eigenvalue weighted by atomic mass is 10.0. The van der Waals surface area contributed by atoms with Crippen LogP contribution in [0.5, 0.6) is 0 Å². The molecule has 0 saturated heterocycles. The molecule has 1 aromatic carbocycles. The first-order valence-corrected chi connectivity index (χ1v) is 13.1. The van der Waals surface area contributed by atoms with Crippen LogP contribution in [0.2, 0.25) is 0 Å². The van der Waals surface area contributed by atoms with E-state index in [1.54, 1.807) is 12.3 Å². The molecule has 3 N–H and O–H groups in total. The summed E-state index contributed by atoms with van der Waals surface area (Å²) in [6.45, 7) is 4.33. The number of pyridine rings is 2. The second kappa shape index (κ2) is 8.63. The average molecular weight is 481 g/mol. The number of sulfonamides is 1. The number of hydrogen-bond acceptors (Lipinski definition) is 6. The van der Waals surface area contributed by atoms with Crippen LogP contribution in [-0.4, -0.2) is 42.0 Å². The minimum atomic E-state index is -3.72. The maximum absolute atomic E-state index is 13.6. The van der Waals surface area contributed by atoms with Gasteiger partial charge in [-0.1, -0.05) is 13.8 Å². The zero-order valence-electron chi connectivity index (χ0n) is 19.2. The molecule has 2 heterocycles. The van der Waals surface area contributed by atoms with Crippen LogP contribution in [0.1, 0.15) is 59.9 Å². The fourth-order valence-electron chi connectivity index (χ4n) is 4.57. The maximum Gasteiger partial charge on any atom is 0.354 e. The second-order valence-electron chi connectivity index (χ2n) is 9.68. The molecule has 34 heavy (non-hydrogen) atoms. The van der Waals surface area contributed by atoms with Crippen LogP contribution in [0.15, 0.2) is 41.6 Å². The summed E-state index contributed by atoms with van der Waals surface area (Å²) >= 11 is 0. The van der Waals surface area contributed by atoms with Crippen LogP contribution in [0.3, 0.4) is 0 Å². The third kappa shape index (κ3) is 4.50. The van der Waals surface area contributed by atoms with Crippen molar-refractivity contribution in [3.63, 3.8) is 0 Å². The van der Waals surface area contributed by atoms with Gasteiger partial charge in [-0.05, 0) is 67.0 Å². The van der Waals surface area contributed by atoms with Crippen molar-refractivity contribution in [1.29, 1.82) is 0 Å². The predicted octanol–water partition coefficient (Wildman–Crippen LogP) is 3.72. The molecular formula is C25H28N4O4S. The van der Waals surface area contributed by atoms with E-state index < -0.39 is 16.0 Å². The Bertz CT molecular complexity index is 1370. The molecule has 2 aliphatic carbocycles. The fourth-order valence-corrected chi connectivity index (χ4v) is 6.27. The second-order valence-corrected chi connectivity index (χ2v) is 11.4. The zero-order chi connectivity index (χ0) is 24.0. The Morgan fingerprint density at radius 1 is 1.15 bits per heavy atom. The molecule has 0 bridgehead atoms. The number of aromatic carboxylic acids is 1. The van der Waals surface area contributed by atoms with Gasteiger partial charge in [0.2, 0.25) is 10.0 Å². The summed E-state index contributed by atoms with van der Waals surface area (Å²) in [7, 11) is -3.72. The first kappa shape index (κ1) is 22.7. The van der Waals surface area contributed by atoms with Gasteiger partial charge in [-0.2, -0.15) is 0 Å². The number of nitrogens with one attached hydrogen (secondary N) is 2. The first-order chi connectivity index (χ1) is 16.2. The summed E-state index contributed by atoms with van der Waals surface area (Å²) in [4.78, 5) is 20.0. The van der Waals surface area contributed by atoms with Crippen LogP contribution < -0.4 is 10.0 Å². The predicted molar refractivity (Wildman–Crippen MR) is 130 cm³/mol. The Morgan fingerprint density at radius 3 is 2.59 bits per heavy atom. The highest BCUT2D eigenvalue weighted by Gasteiger charge is 2.32. The minimum absolute atomic E-state index is 0.0184. The molecule has 178 valence electrons. The van der Waals surface area contributed by atoms with E-state index in [4.69, 9.17) is 5.11 Å². The van der Waals surface area contributed by atoms with Gasteiger partial charge in [0.05, 0.1) is 16.8 Å². The summed E-state index contributed by atoms with van der Waals surface area (Å²) in [5.41, 5.74) is 3.47. The first-order valence-electron chi connectivity index (χ1n) is 11.6. The third-order valence-corrected chi connectivity index (χ3v) is 7.96. The van der Waals surface area contributed by atoms with Gasteiger partial charge in [-0.25, -0.2) is 22.9 Å². The normalized spacial score (nSPS) is 17.8. The lowest BCUT2D eigenvalue weighted by Crippen LogP contribution is -2.29.